The Hall–Kier alpha value is -3.56. The number of hydrogen-bond donors (Lipinski definition) is 1. The van der Waals surface area contributed by atoms with Gasteiger partial charge in [-0.15, -0.1) is 0 Å². The van der Waals surface area contributed by atoms with Gasteiger partial charge in [0, 0.05) is 46.1 Å². The molecule has 0 radical (unpaired) electrons. The molecule has 2 aromatic carbocycles. The summed E-state index contributed by atoms with van der Waals surface area (Å²) < 4.78 is 7.17. The second-order valence-corrected chi connectivity index (χ2v) is 14.2. The molecule has 0 bridgehead atoms. The molecule has 3 aromatic rings. The van der Waals surface area contributed by atoms with E-state index in [9.17, 15) is 14.4 Å². The predicted molar refractivity (Wildman–Crippen MR) is 176 cm³/mol. The van der Waals surface area contributed by atoms with Crippen molar-refractivity contribution in [2.75, 3.05) is 18.0 Å². The highest BCUT2D eigenvalue weighted by Crippen LogP contribution is 2.47. The fraction of sp³-hybridized carbons (Fsp3) is 0.471. The zero-order chi connectivity index (χ0) is 32.8. The first-order chi connectivity index (χ1) is 21.1. The molecule has 11 heteroatoms. The van der Waals surface area contributed by atoms with E-state index in [2.05, 4.69) is 5.32 Å². The topological polar surface area (TPSA) is 96.8 Å². The van der Waals surface area contributed by atoms with E-state index in [1.807, 2.05) is 84.9 Å². The number of carbonyl (C=O) groups excluding carboxylic acids is 3. The zero-order valence-electron chi connectivity index (χ0n) is 26.9. The summed E-state index contributed by atoms with van der Waals surface area (Å²) >= 11 is 12.8. The minimum absolute atomic E-state index is 0.0252. The second-order valence-electron chi connectivity index (χ2n) is 13.3. The lowest BCUT2D eigenvalue weighted by atomic mass is 9.91. The summed E-state index contributed by atoms with van der Waals surface area (Å²) in [5.74, 6) is -0.470. The smallest absolute Gasteiger partial charge is 0.410 e. The molecular weight excluding hydrogens is 613 g/mol. The summed E-state index contributed by atoms with van der Waals surface area (Å²) in [5, 5.41) is 9.04. The van der Waals surface area contributed by atoms with E-state index in [0.29, 0.717) is 47.4 Å². The third kappa shape index (κ3) is 6.84. The van der Waals surface area contributed by atoms with Crippen molar-refractivity contribution < 1.29 is 19.1 Å². The quantitative estimate of drug-likeness (QED) is 0.304. The Morgan fingerprint density at radius 1 is 1.02 bits per heavy atom. The lowest BCUT2D eigenvalue weighted by Gasteiger charge is -2.33. The van der Waals surface area contributed by atoms with Crippen LogP contribution >= 0.6 is 23.2 Å². The molecule has 1 saturated heterocycles. The van der Waals surface area contributed by atoms with Crippen LogP contribution in [0.25, 0.3) is 0 Å². The van der Waals surface area contributed by atoms with Crippen molar-refractivity contribution >= 4 is 46.8 Å². The van der Waals surface area contributed by atoms with E-state index < -0.39 is 11.6 Å². The summed E-state index contributed by atoms with van der Waals surface area (Å²) in [6.45, 7) is 14.5. The first-order valence-corrected chi connectivity index (χ1v) is 16.1. The maximum absolute atomic E-state index is 14.2. The number of nitrogens with zero attached hydrogens (tertiary/aromatic N) is 4. The van der Waals surface area contributed by atoms with Crippen LogP contribution in [0.2, 0.25) is 10.0 Å². The number of hydrogen-bond acceptors (Lipinski definition) is 5. The number of aryl methyl sites for hydroxylation is 2. The summed E-state index contributed by atoms with van der Waals surface area (Å²) in [5.41, 5.74) is 4.87. The number of carbonyl (C=O) groups is 3. The number of benzene rings is 2. The van der Waals surface area contributed by atoms with Crippen molar-refractivity contribution in [1.82, 2.24) is 20.0 Å². The van der Waals surface area contributed by atoms with Crippen LogP contribution in [0.5, 0.6) is 0 Å². The van der Waals surface area contributed by atoms with Crippen LogP contribution in [0.1, 0.15) is 97.9 Å². The van der Waals surface area contributed by atoms with E-state index in [1.165, 1.54) is 0 Å². The highest BCUT2D eigenvalue weighted by Gasteiger charge is 2.45. The van der Waals surface area contributed by atoms with Gasteiger partial charge < -0.3 is 15.0 Å². The van der Waals surface area contributed by atoms with Crippen molar-refractivity contribution in [3.8, 4) is 0 Å². The van der Waals surface area contributed by atoms with Gasteiger partial charge in [0.25, 0.3) is 5.91 Å². The minimum atomic E-state index is -0.559. The van der Waals surface area contributed by atoms with E-state index in [0.717, 1.165) is 27.9 Å². The molecule has 1 unspecified atom stereocenters. The van der Waals surface area contributed by atoms with E-state index in [1.54, 1.807) is 14.5 Å². The van der Waals surface area contributed by atoms with E-state index in [-0.39, 0.29) is 36.4 Å². The first-order valence-electron chi connectivity index (χ1n) is 15.4. The number of nitrogens with one attached hydrogen (secondary N) is 1. The average molecular weight is 655 g/mol. The standard InChI is InChI=1S/C34H41Cl2N5O4/c1-19(2)30-28-29(38-40(30)18-27(42)37-24-12-14-39(15-13-24)33(44)45-34(5,6)7)32(43)41(26-17-23(36)9-8-20(26)3)31(28)25-11-10-22(35)16-21(25)4/h8-11,16-17,19,24,31H,12-15,18H2,1-7H3,(H,37,42). The molecule has 3 amide bonds. The summed E-state index contributed by atoms with van der Waals surface area (Å²) in [6, 6.07) is 10.6. The number of rotatable bonds is 6. The molecule has 2 aliphatic heterocycles. The van der Waals surface area contributed by atoms with Crippen LogP contribution in [0.3, 0.4) is 0 Å². The number of piperidine rings is 1. The number of ether oxygens (including phenoxy) is 1. The van der Waals surface area contributed by atoms with Gasteiger partial charge in [-0.25, -0.2) is 4.79 Å². The molecule has 1 fully saturated rings. The van der Waals surface area contributed by atoms with Gasteiger partial charge in [0.2, 0.25) is 5.91 Å². The normalized spacial score (nSPS) is 17.2. The van der Waals surface area contributed by atoms with Gasteiger partial charge in [0.15, 0.2) is 5.69 Å². The fourth-order valence-electron chi connectivity index (χ4n) is 6.28. The molecule has 0 aliphatic carbocycles. The molecule has 240 valence electrons. The molecule has 1 atom stereocenters. The molecule has 9 nitrogen and oxygen atoms in total. The van der Waals surface area contributed by atoms with Crippen LogP contribution in [-0.4, -0.2) is 57.3 Å². The second kappa shape index (κ2) is 12.7. The van der Waals surface area contributed by atoms with Crippen LogP contribution in [0.15, 0.2) is 36.4 Å². The Morgan fingerprint density at radius 2 is 1.67 bits per heavy atom. The molecular formula is C34H41Cl2N5O4. The van der Waals surface area contributed by atoms with Crippen LogP contribution in [0.4, 0.5) is 10.5 Å². The maximum Gasteiger partial charge on any atom is 0.410 e. The Morgan fingerprint density at radius 3 is 2.29 bits per heavy atom. The Balaban J connectivity index is 1.43. The molecule has 45 heavy (non-hydrogen) atoms. The minimum Gasteiger partial charge on any atom is -0.444 e. The largest absolute Gasteiger partial charge is 0.444 e. The van der Waals surface area contributed by atoms with Gasteiger partial charge in [-0.3, -0.25) is 19.2 Å². The average Bonchev–Trinajstić information content (AvgIpc) is 3.43. The third-order valence-corrected chi connectivity index (χ3v) is 8.76. The van der Waals surface area contributed by atoms with E-state index >= 15 is 0 Å². The monoisotopic (exact) mass is 653 g/mol. The highest BCUT2D eigenvalue weighted by atomic mass is 35.5. The molecule has 0 saturated carbocycles. The van der Waals surface area contributed by atoms with Gasteiger partial charge >= 0.3 is 6.09 Å². The molecule has 5 rings (SSSR count). The SMILES string of the molecule is Cc1cc(Cl)ccc1C1c2c(nn(CC(=O)NC3CCN(C(=O)OC(C)(C)C)CC3)c2C(C)C)C(=O)N1c1cc(Cl)ccc1C. The molecule has 0 spiro atoms. The number of fused-ring (bicyclic) bond motifs is 1. The highest BCUT2D eigenvalue weighted by molar-refractivity contribution is 6.31. The Kier molecular flexibility index (Phi) is 9.25. The van der Waals surface area contributed by atoms with Gasteiger partial charge in [-0.05, 0) is 94.3 Å². The number of aromatic nitrogens is 2. The number of amides is 3. The predicted octanol–water partition coefficient (Wildman–Crippen LogP) is 7.20. The first kappa shape index (κ1) is 32.8. The Labute approximate surface area is 274 Å². The maximum atomic E-state index is 14.2. The van der Waals surface area contributed by atoms with Crippen LogP contribution in [-0.2, 0) is 16.1 Å². The van der Waals surface area contributed by atoms with E-state index in [4.69, 9.17) is 33.0 Å². The van der Waals surface area contributed by atoms with Gasteiger partial charge in [-0.2, -0.15) is 5.10 Å². The lowest BCUT2D eigenvalue weighted by molar-refractivity contribution is -0.122. The number of anilines is 1. The van der Waals surface area contributed by atoms with Crippen molar-refractivity contribution in [3.63, 3.8) is 0 Å². The van der Waals surface area contributed by atoms with Crippen molar-refractivity contribution in [1.29, 1.82) is 0 Å². The van der Waals surface area contributed by atoms with Crippen molar-refractivity contribution in [2.45, 2.75) is 91.5 Å². The summed E-state index contributed by atoms with van der Waals surface area (Å²) in [6.07, 6.45) is 0.918. The van der Waals surface area contributed by atoms with Crippen molar-refractivity contribution in [3.05, 3.63) is 80.1 Å². The molecule has 1 N–H and O–H groups in total. The number of likely N-dealkylation sites (tertiary alicyclic amines) is 1. The van der Waals surface area contributed by atoms with Crippen molar-refractivity contribution in [2.24, 2.45) is 0 Å². The summed E-state index contributed by atoms with van der Waals surface area (Å²) in [4.78, 5) is 43.5. The molecule has 3 heterocycles. The van der Waals surface area contributed by atoms with Gasteiger partial charge in [-0.1, -0.05) is 49.2 Å². The number of halogens is 2. The fourth-order valence-corrected chi connectivity index (χ4v) is 6.67. The lowest BCUT2D eigenvalue weighted by Crippen LogP contribution is -2.48. The third-order valence-electron chi connectivity index (χ3n) is 8.29. The van der Waals surface area contributed by atoms with Gasteiger partial charge in [0.05, 0.1) is 6.04 Å². The van der Waals surface area contributed by atoms with Crippen LogP contribution in [0, 0.1) is 13.8 Å². The summed E-state index contributed by atoms with van der Waals surface area (Å²) in [7, 11) is 0. The Bertz CT molecular complexity index is 1640. The zero-order valence-corrected chi connectivity index (χ0v) is 28.4. The van der Waals surface area contributed by atoms with Crippen LogP contribution < -0.4 is 10.2 Å². The molecule has 1 aromatic heterocycles. The van der Waals surface area contributed by atoms with Gasteiger partial charge in [0.1, 0.15) is 12.1 Å². The molecule has 2 aliphatic rings.